The number of benzene rings is 1. The Morgan fingerprint density at radius 2 is 1.84 bits per heavy atom. The highest BCUT2D eigenvalue weighted by Crippen LogP contribution is 2.19. The number of carbonyl (C=O) groups is 3. The molecule has 1 N–H and O–H groups in total. The summed E-state index contributed by atoms with van der Waals surface area (Å²) >= 11 is 0. The van der Waals surface area contributed by atoms with E-state index < -0.39 is 35.4 Å². The first-order valence-electron chi connectivity index (χ1n) is 7.86. The van der Waals surface area contributed by atoms with Gasteiger partial charge >= 0.3 is 12.1 Å². The summed E-state index contributed by atoms with van der Waals surface area (Å²) in [5, 5.41) is 9.44. The molecule has 0 bridgehead atoms. The minimum Gasteiger partial charge on any atom is -0.480 e. The molecule has 0 saturated carbocycles. The van der Waals surface area contributed by atoms with Crippen molar-refractivity contribution in [2.24, 2.45) is 0 Å². The number of hydrogen-bond donors (Lipinski definition) is 1. The highest BCUT2D eigenvalue weighted by Gasteiger charge is 2.39. The number of hydrogen-bond acceptors (Lipinski definition) is 4. The first kappa shape index (κ1) is 18.7. The fraction of sp³-hybridized carbons (Fsp3) is 0.471. The van der Waals surface area contributed by atoms with Crippen molar-refractivity contribution in [3.8, 4) is 0 Å². The van der Waals surface area contributed by atoms with Gasteiger partial charge in [-0.15, -0.1) is 0 Å². The number of carbonyl (C=O) groups excluding carboxylic acids is 2. The van der Waals surface area contributed by atoms with Gasteiger partial charge in [0.05, 0.1) is 12.1 Å². The summed E-state index contributed by atoms with van der Waals surface area (Å²) in [6.07, 6.45) is -0.642. The summed E-state index contributed by atoms with van der Waals surface area (Å²) in [6.45, 7) is 4.99. The minimum absolute atomic E-state index is 0.0244. The first-order chi connectivity index (χ1) is 11.6. The van der Waals surface area contributed by atoms with Crippen molar-refractivity contribution in [1.82, 2.24) is 9.80 Å². The Bertz CT molecular complexity index is 686. The second-order valence-corrected chi connectivity index (χ2v) is 6.76. The van der Waals surface area contributed by atoms with E-state index in [1.807, 2.05) is 0 Å². The van der Waals surface area contributed by atoms with Crippen LogP contribution in [0.4, 0.5) is 9.18 Å². The molecule has 0 aliphatic carbocycles. The molecule has 8 heteroatoms. The van der Waals surface area contributed by atoms with Crippen LogP contribution < -0.4 is 0 Å². The molecule has 1 aliphatic rings. The molecule has 136 valence electrons. The number of amides is 2. The maximum atomic E-state index is 13.8. The fourth-order valence-corrected chi connectivity index (χ4v) is 2.52. The van der Waals surface area contributed by atoms with Crippen LogP contribution in [0.3, 0.4) is 0 Å². The zero-order valence-electron chi connectivity index (χ0n) is 14.4. The van der Waals surface area contributed by atoms with Gasteiger partial charge in [-0.25, -0.2) is 14.0 Å². The van der Waals surface area contributed by atoms with Crippen LogP contribution in [0.2, 0.25) is 0 Å². The quantitative estimate of drug-likeness (QED) is 0.879. The zero-order chi connectivity index (χ0) is 18.8. The Labute approximate surface area is 145 Å². The Kier molecular flexibility index (Phi) is 5.30. The van der Waals surface area contributed by atoms with E-state index in [-0.39, 0.29) is 25.2 Å². The van der Waals surface area contributed by atoms with Gasteiger partial charge in [-0.1, -0.05) is 12.1 Å². The molecule has 25 heavy (non-hydrogen) atoms. The van der Waals surface area contributed by atoms with E-state index >= 15 is 0 Å². The molecule has 0 unspecified atom stereocenters. The normalized spacial score (nSPS) is 18.0. The van der Waals surface area contributed by atoms with Gasteiger partial charge in [-0.05, 0) is 32.9 Å². The average Bonchev–Trinajstić information content (AvgIpc) is 2.52. The molecule has 0 radical (unpaired) electrons. The largest absolute Gasteiger partial charge is 0.480 e. The van der Waals surface area contributed by atoms with Crippen LogP contribution in [-0.4, -0.2) is 64.2 Å². The number of ether oxygens (including phenoxy) is 1. The predicted octanol–water partition coefficient (Wildman–Crippen LogP) is 1.97. The molecule has 7 nitrogen and oxygen atoms in total. The number of piperazine rings is 1. The average molecular weight is 352 g/mol. The van der Waals surface area contributed by atoms with Gasteiger partial charge in [0.25, 0.3) is 5.91 Å². The predicted molar refractivity (Wildman–Crippen MR) is 86.7 cm³/mol. The summed E-state index contributed by atoms with van der Waals surface area (Å²) in [7, 11) is 0. The second-order valence-electron chi connectivity index (χ2n) is 6.76. The van der Waals surface area contributed by atoms with E-state index in [1.165, 1.54) is 23.1 Å². The van der Waals surface area contributed by atoms with E-state index in [4.69, 9.17) is 4.74 Å². The van der Waals surface area contributed by atoms with Crippen LogP contribution in [-0.2, 0) is 9.53 Å². The lowest BCUT2D eigenvalue weighted by Crippen LogP contribution is -2.60. The maximum Gasteiger partial charge on any atom is 0.410 e. The highest BCUT2D eigenvalue weighted by atomic mass is 19.1. The van der Waals surface area contributed by atoms with Gasteiger partial charge in [-0.3, -0.25) is 4.79 Å². The minimum atomic E-state index is -1.27. The third kappa shape index (κ3) is 4.46. The van der Waals surface area contributed by atoms with Crippen molar-refractivity contribution in [3.63, 3.8) is 0 Å². The maximum absolute atomic E-state index is 13.8. The molecule has 2 rings (SSSR count). The lowest BCUT2D eigenvalue weighted by atomic mass is 10.1. The number of carboxylic acid groups (broad SMARTS) is 1. The van der Waals surface area contributed by atoms with Gasteiger partial charge in [-0.2, -0.15) is 0 Å². The van der Waals surface area contributed by atoms with Crippen LogP contribution in [0.25, 0.3) is 0 Å². The molecule has 0 spiro atoms. The summed E-state index contributed by atoms with van der Waals surface area (Å²) in [5.74, 6) is -2.70. The summed E-state index contributed by atoms with van der Waals surface area (Å²) in [6, 6.07) is 4.12. The molecule has 1 atom stereocenters. The van der Waals surface area contributed by atoms with Crippen LogP contribution in [0.15, 0.2) is 24.3 Å². The molecule has 1 aromatic rings. The summed E-state index contributed by atoms with van der Waals surface area (Å²) in [4.78, 5) is 38.5. The Hall–Kier alpha value is -2.64. The van der Waals surface area contributed by atoms with Crippen LogP contribution in [0, 0.1) is 5.82 Å². The lowest BCUT2D eigenvalue weighted by molar-refractivity contribution is -0.144. The molecule has 1 fully saturated rings. The standard InChI is InChI=1S/C17H21FN2O5/c1-17(2,3)25-16(24)19-8-9-20(13(10-19)15(22)23)14(21)11-6-4-5-7-12(11)18/h4-7,13H,8-10H2,1-3H3,(H,22,23)/t13-/m1/s1. The van der Waals surface area contributed by atoms with Crippen LogP contribution in [0.5, 0.6) is 0 Å². The van der Waals surface area contributed by atoms with Crippen LogP contribution >= 0.6 is 0 Å². The molecule has 2 amide bonds. The van der Waals surface area contributed by atoms with Gasteiger partial charge < -0.3 is 19.6 Å². The topological polar surface area (TPSA) is 87.2 Å². The zero-order valence-corrected chi connectivity index (χ0v) is 14.4. The molecule has 1 aromatic carbocycles. The third-order valence-corrected chi connectivity index (χ3v) is 3.68. The van der Waals surface area contributed by atoms with Crippen molar-refractivity contribution in [1.29, 1.82) is 0 Å². The Balaban J connectivity index is 2.17. The van der Waals surface area contributed by atoms with Crippen molar-refractivity contribution in [2.45, 2.75) is 32.4 Å². The Morgan fingerprint density at radius 3 is 2.40 bits per heavy atom. The Morgan fingerprint density at radius 1 is 1.20 bits per heavy atom. The molecular weight excluding hydrogens is 331 g/mol. The van der Waals surface area contributed by atoms with E-state index in [0.29, 0.717) is 0 Å². The lowest BCUT2D eigenvalue weighted by Gasteiger charge is -2.39. The number of aliphatic carboxylic acids is 1. The number of nitrogens with zero attached hydrogens (tertiary/aromatic N) is 2. The van der Waals surface area contributed by atoms with Crippen molar-refractivity contribution >= 4 is 18.0 Å². The molecular formula is C17H21FN2O5. The summed E-state index contributed by atoms with van der Waals surface area (Å²) < 4.78 is 19.1. The van der Waals surface area contributed by atoms with Crippen LogP contribution in [0.1, 0.15) is 31.1 Å². The number of halogens is 1. The smallest absolute Gasteiger partial charge is 0.410 e. The van der Waals surface area contributed by atoms with Crippen molar-refractivity contribution < 1.29 is 28.6 Å². The first-order valence-corrected chi connectivity index (χ1v) is 7.86. The molecule has 1 saturated heterocycles. The third-order valence-electron chi connectivity index (χ3n) is 3.68. The molecule has 0 aromatic heterocycles. The van der Waals surface area contributed by atoms with E-state index in [0.717, 1.165) is 11.0 Å². The van der Waals surface area contributed by atoms with Crippen molar-refractivity contribution in [2.75, 3.05) is 19.6 Å². The van der Waals surface area contributed by atoms with Gasteiger partial charge in [0.2, 0.25) is 0 Å². The number of carboxylic acids is 1. The van der Waals surface area contributed by atoms with E-state index in [1.54, 1.807) is 20.8 Å². The van der Waals surface area contributed by atoms with Gasteiger partial charge in [0, 0.05) is 13.1 Å². The van der Waals surface area contributed by atoms with E-state index in [2.05, 4.69) is 0 Å². The fourth-order valence-electron chi connectivity index (χ4n) is 2.52. The van der Waals surface area contributed by atoms with E-state index in [9.17, 15) is 23.9 Å². The monoisotopic (exact) mass is 352 g/mol. The van der Waals surface area contributed by atoms with Gasteiger partial charge in [0.15, 0.2) is 0 Å². The molecule has 1 aliphatic heterocycles. The second kappa shape index (κ2) is 7.08. The SMILES string of the molecule is CC(C)(C)OC(=O)N1CCN(C(=O)c2ccccc2F)[C@@H](C(=O)O)C1. The highest BCUT2D eigenvalue weighted by molar-refractivity contribution is 5.97. The summed E-state index contributed by atoms with van der Waals surface area (Å²) in [5.41, 5.74) is -0.907. The van der Waals surface area contributed by atoms with Gasteiger partial charge in [0.1, 0.15) is 17.5 Å². The molecule has 1 heterocycles. The van der Waals surface area contributed by atoms with Crippen molar-refractivity contribution in [3.05, 3.63) is 35.6 Å². The number of rotatable bonds is 2.